The van der Waals surface area contributed by atoms with Gasteiger partial charge in [-0.3, -0.25) is 9.59 Å². The van der Waals surface area contributed by atoms with E-state index in [0.717, 1.165) is 25.9 Å². The fourth-order valence-corrected chi connectivity index (χ4v) is 7.21. The van der Waals surface area contributed by atoms with Crippen LogP contribution in [0.1, 0.15) is 32.1 Å². The smallest absolute Gasteiger partial charge is 0.249 e. The number of piperidine rings is 2. The number of hydrogen-bond donors (Lipinski definition) is 3. The van der Waals surface area contributed by atoms with Crippen LogP contribution in [0.3, 0.4) is 0 Å². The largest absolute Gasteiger partial charge is 0.504 e. The van der Waals surface area contributed by atoms with E-state index in [1.807, 2.05) is 0 Å². The number of nitrogens with one attached hydrogen (secondary N) is 2. The van der Waals surface area contributed by atoms with E-state index in [1.165, 1.54) is 41.8 Å². The molecule has 0 spiro atoms. The number of phenols is 1. The van der Waals surface area contributed by atoms with Gasteiger partial charge in [0, 0.05) is 36.6 Å². The molecule has 9 nitrogen and oxygen atoms in total. The minimum Gasteiger partial charge on any atom is -0.504 e. The van der Waals surface area contributed by atoms with Crippen LogP contribution in [-0.2, 0) is 10.0 Å². The number of phenolic OH excluding ortho intramolecular Hbond substituents is 1. The van der Waals surface area contributed by atoms with Gasteiger partial charge in [0.05, 0.1) is 16.4 Å². The van der Waals surface area contributed by atoms with Gasteiger partial charge >= 0.3 is 0 Å². The second-order valence-corrected chi connectivity index (χ2v) is 11.9. The summed E-state index contributed by atoms with van der Waals surface area (Å²) in [6, 6.07) is 11.4. The van der Waals surface area contributed by atoms with Crippen molar-refractivity contribution >= 4 is 44.4 Å². The number of sulfonamides is 1. The number of nitrogens with zero attached hydrogens (tertiary/aromatic N) is 2. The molecule has 2 heterocycles. The first-order valence-electron chi connectivity index (χ1n) is 12.4. The highest BCUT2D eigenvalue weighted by molar-refractivity contribution is 7.89. The summed E-state index contributed by atoms with van der Waals surface area (Å²) in [6.07, 6.45) is 5.14. The minimum atomic E-state index is -4.02. The first kappa shape index (κ1) is 25.7. The van der Waals surface area contributed by atoms with Gasteiger partial charge in [-0.25, -0.2) is 8.42 Å². The average molecular weight is 545 g/mol. The van der Waals surface area contributed by atoms with Crippen molar-refractivity contribution in [1.29, 1.82) is 0 Å². The molecule has 3 N–H and O–H groups in total. The molecule has 0 bridgehead atoms. The maximum Gasteiger partial charge on any atom is 0.249 e. The summed E-state index contributed by atoms with van der Waals surface area (Å²) in [5, 5.41) is 16.9. The van der Waals surface area contributed by atoms with Crippen molar-refractivity contribution in [3.05, 3.63) is 67.9 Å². The van der Waals surface area contributed by atoms with Gasteiger partial charge in [0.2, 0.25) is 20.9 Å². The number of hydrogen-bond acceptors (Lipinski definition) is 8. The van der Waals surface area contributed by atoms with E-state index < -0.39 is 26.6 Å². The standard InChI is InChI=1S/C26H29ClN4O5S/c27-20-7-8-21(28-17-5-4-6-18(15-17)29-22-16-23(32)24(22)33)25(34)26(20)37(35,36)31-13-9-19(10-14-31)30-11-2-1-3-12-30/h4-8,15-16,19,28-29,34H,1-3,9-14H2. The molecule has 3 aromatic rings. The van der Waals surface area contributed by atoms with Crippen molar-refractivity contribution in [2.75, 3.05) is 36.8 Å². The normalized spacial score (nSPS) is 18.2. The Labute approximate surface area is 220 Å². The predicted octanol–water partition coefficient (Wildman–Crippen LogP) is 3.77. The highest BCUT2D eigenvalue weighted by Gasteiger charge is 2.35. The molecular formula is C26H29ClN4O5S. The van der Waals surface area contributed by atoms with E-state index >= 15 is 0 Å². The molecule has 196 valence electrons. The van der Waals surface area contributed by atoms with Crippen LogP contribution in [0.4, 0.5) is 22.7 Å². The molecular weight excluding hydrogens is 516 g/mol. The van der Waals surface area contributed by atoms with Crippen LogP contribution in [0.25, 0.3) is 0 Å². The molecule has 0 atom stereocenters. The lowest BCUT2D eigenvalue weighted by molar-refractivity contribution is 0.117. The summed E-state index contributed by atoms with van der Waals surface area (Å²) in [5.74, 6) is -0.452. The Bertz CT molecular complexity index is 1470. The minimum absolute atomic E-state index is 0.0447. The second-order valence-electron chi connectivity index (χ2n) is 9.59. The van der Waals surface area contributed by atoms with Crippen molar-refractivity contribution in [2.45, 2.75) is 43.0 Å². The number of halogens is 1. The van der Waals surface area contributed by atoms with E-state index in [1.54, 1.807) is 24.3 Å². The molecule has 3 aromatic carbocycles. The van der Waals surface area contributed by atoms with E-state index in [9.17, 15) is 23.1 Å². The molecule has 0 radical (unpaired) electrons. The van der Waals surface area contributed by atoms with Crippen LogP contribution in [-0.4, -0.2) is 55.0 Å². The lowest BCUT2D eigenvalue weighted by Crippen LogP contribution is -2.48. The predicted molar refractivity (Wildman–Crippen MR) is 145 cm³/mol. The van der Waals surface area contributed by atoms with Crippen molar-refractivity contribution in [3.63, 3.8) is 0 Å². The van der Waals surface area contributed by atoms with Crippen molar-refractivity contribution < 1.29 is 13.5 Å². The molecule has 0 unspecified atom stereocenters. The Morgan fingerprint density at radius 3 is 2.14 bits per heavy atom. The number of anilines is 4. The summed E-state index contributed by atoms with van der Waals surface area (Å²) in [6.45, 7) is 2.89. The van der Waals surface area contributed by atoms with Gasteiger partial charge in [0.1, 0.15) is 4.90 Å². The maximum atomic E-state index is 13.6. The van der Waals surface area contributed by atoms with Gasteiger partial charge in [-0.05, 0) is 69.1 Å². The zero-order chi connectivity index (χ0) is 26.2. The van der Waals surface area contributed by atoms with E-state index in [0.29, 0.717) is 30.5 Å². The third kappa shape index (κ3) is 5.24. The number of benzene rings is 2. The molecule has 0 saturated carbocycles. The van der Waals surface area contributed by atoms with Crippen LogP contribution in [0.15, 0.2) is 56.9 Å². The molecule has 11 heteroatoms. The van der Waals surface area contributed by atoms with Crippen LogP contribution >= 0.6 is 11.6 Å². The second kappa shape index (κ2) is 10.4. The summed E-state index contributed by atoms with van der Waals surface area (Å²) >= 11 is 6.31. The zero-order valence-electron chi connectivity index (χ0n) is 20.2. The first-order chi connectivity index (χ1) is 17.7. The van der Waals surface area contributed by atoms with Gasteiger partial charge in [-0.15, -0.1) is 0 Å². The van der Waals surface area contributed by atoms with Crippen LogP contribution in [0, 0.1) is 0 Å². The third-order valence-corrected chi connectivity index (χ3v) is 9.58. The van der Waals surface area contributed by atoms with Crippen molar-refractivity contribution in [3.8, 4) is 5.75 Å². The Morgan fingerprint density at radius 1 is 0.865 bits per heavy atom. The van der Waals surface area contributed by atoms with Crippen LogP contribution < -0.4 is 21.5 Å². The monoisotopic (exact) mass is 544 g/mol. The SMILES string of the molecule is O=c1cc(Nc2cccc(Nc3ccc(Cl)c(S(=O)(=O)N4CCC(N5CCCCC5)CC4)c3O)c2)c1=O. The van der Waals surface area contributed by atoms with Crippen molar-refractivity contribution in [2.24, 2.45) is 0 Å². The third-order valence-electron chi connectivity index (χ3n) is 7.18. The topological polar surface area (TPSA) is 119 Å². The fourth-order valence-electron chi connectivity index (χ4n) is 5.15. The van der Waals surface area contributed by atoms with Crippen LogP contribution in [0.2, 0.25) is 5.02 Å². The fraction of sp³-hybridized carbons (Fsp3) is 0.385. The lowest BCUT2D eigenvalue weighted by Gasteiger charge is -2.39. The Hall–Kier alpha value is -2.92. The van der Waals surface area contributed by atoms with Crippen molar-refractivity contribution in [1.82, 2.24) is 9.21 Å². The van der Waals surface area contributed by atoms with E-state index in [4.69, 9.17) is 11.6 Å². The Kier molecular flexibility index (Phi) is 7.26. The van der Waals surface area contributed by atoms with Gasteiger partial charge in [0.25, 0.3) is 0 Å². The van der Waals surface area contributed by atoms with Gasteiger partial charge < -0.3 is 20.6 Å². The molecule has 2 aliphatic rings. The molecule has 5 rings (SSSR count). The Morgan fingerprint density at radius 2 is 1.51 bits per heavy atom. The van der Waals surface area contributed by atoms with Gasteiger partial charge in [-0.1, -0.05) is 24.1 Å². The summed E-state index contributed by atoms with van der Waals surface area (Å²) in [7, 11) is -4.02. The highest BCUT2D eigenvalue weighted by Crippen LogP contribution is 2.40. The molecule has 0 aromatic heterocycles. The number of likely N-dealkylation sites (tertiary alicyclic amines) is 1. The summed E-state index contributed by atoms with van der Waals surface area (Å²) in [4.78, 5) is 24.9. The molecule has 2 aliphatic heterocycles. The number of rotatable bonds is 7. The molecule has 2 saturated heterocycles. The summed E-state index contributed by atoms with van der Waals surface area (Å²) < 4.78 is 28.5. The van der Waals surface area contributed by atoms with E-state index in [2.05, 4.69) is 15.5 Å². The first-order valence-corrected chi connectivity index (χ1v) is 14.3. The Balaban J connectivity index is 1.33. The van der Waals surface area contributed by atoms with Gasteiger partial charge in [0.15, 0.2) is 5.75 Å². The number of aromatic hydroxyl groups is 1. The zero-order valence-corrected chi connectivity index (χ0v) is 21.8. The highest BCUT2D eigenvalue weighted by atomic mass is 35.5. The molecule has 0 amide bonds. The quantitative estimate of drug-likeness (QED) is 0.304. The van der Waals surface area contributed by atoms with Crippen LogP contribution in [0.5, 0.6) is 5.75 Å². The lowest BCUT2D eigenvalue weighted by atomic mass is 10.0. The maximum absolute atomic E-state index is 13.6. The average Bonchev–Trinajstić information content (AvgIpc) is 2.91. The summed E-state index contributed by atoms with van der Waals surface area (Å²) in [5.41, 5.74) is 0.337. The van der Waals surface area contributed by atoms with E-state index in [-0.39, 0.29) is 21.3 Å². The molecule has 37 heavy (non-hydrogen) atoms. The molecule has 0 aliphatic carbocycles. The molecule has 2 fully saturated rings. The van der Waals surface area contributed by atoms with Gasteiger partial charge in [-0.2, -0.15) is 4.31 Å².